The first-order valence-corrected chi connectivity index (χ1v) is 9.37. The van der Waals surface area contributed by atoms with Crippen molar-refractivity contribution in [1.29, 1.82) is 0 Å². The molecule has 148 valence electrons. The van der Waals surface area contributed by atoms with Gasteiger partial charge in [0.2, 0.25) is 5.91 Å². The second-order valence-electron chi connectivity index (χ2n) is 7.05. The molecule has 29 heavy (non-hydrogen) atoms. The summed E-state index contributed by atoms with van der Waals surface area (Å²) in [6.07, 6.45) is 1.46. The summed E-state index contributed by atoms with van der Waals surface area (Å²) in [6.45, 7) is -0.229. The number of nitrogens with zero attached hydrogens (tertiary/aromatic N) is 2. The molecule has 2 aromatic carbocycles. The largest absolute Gasteiger partial charge is 0.439 e. The number of amides is 3. The van der Waals surface area contributed by atoms with Crippen molar-refractivity contribution in [1.82, 2.24) is 14.8 Å². The minimum Gasteiger partial charge on any atom is -0.439 e. The third-order valence-corrected chi connectivity index (χ3v) is 5.07. The molecule has 1 aliphatic heterocycles. The van der Waals surface area contributed by atoms with Crippen molar-refractivity contribution in [3.8, 4) is 0 Å². The zero-order valence-corrected chi connectivity index (χ0v) is 16.0. The number of carbonyl (C=O) groups excluding carboxylic acids is 3. The lowest BCUT2D eigenvalue weighted by Gasteiger charge is -2.22. The minimum atomic E-state index is -0.681. The first kappa shape index (κ1) is 18.7. The fourth-order valence-electron chi connectivity index (χ4n) is 3.64. The number of benzene rings is 2. The summed E-state index contributed by atoms with van der Waals surface area (Å²) in [5.74, 6) is -0.588. The summed E-state index contributed by atoms with van der Waals surface area (Å²) < 4.78 is 6.78. The van der Waals surface area contributed by atoms with Gasteiger partial charge in [-0.05, 0) is 17.2 Å². The van der Waals surface area contributed by atoms with Crippen molar-refractivity contribution in [2.24, 2.45) is 7.05 Å². The van der Waals surface area contributed by atoms with E-state index in [1.165, 1.54) is 0 Å². The Morgan fingerprint density at radius 3 is 2.55 bits per heavy atom. The lowest BCUT2D eigenvalue weighted by molar-refractivity contribution is -0.127. The molecule has 0 bridgehead atoms. The molecule has 2 heterocycles. The minimum absolute atomic E-state index is 0.0307. The highest BCUT2D eigenvalue weighted by atomic mass is 16.6. The molecule has 3 aromatic rings. The van der Waals surface area contributed by atoms with Crippen LogP contribution < -0.4 is 5.32 Å². The van der Waals surface area contributed by atoms with Crippen molar-refractivity contribution in [2.45, 2.75) is 12.5 Å². The highest BCUT2D eigenvalue weighted by molar-refractivity contribution is 5.98. The quantitative estimate of drug-likeness (QED) is 0.700. The number of ether oxygens (including phenoxy) is 1. The molecule has 1 aliphatic rings. The maximum Gasteiger partial charge on any atom is 0.417 e. The maximum absolute atomic E-state index is 12.8. The number of hydrogen-bond acceptors (Lipinski definition) is 4. The summed E-state index contributed by atoms with van der Waals surface area (Å²) >= 11 is 0. The van der Waals surface area contributed by atoms with Gasteiger partial charge in [0.1, 0.15) is 0 Å². The topological polar surface area (TPSA) is 80.6 Å². The van der Waals surface area contributed by atoms with E-state index < -0.39 is 18.0 Å². The highest BCUT2D eigenvalue weighted by Gasteiger charge is 2.33. The summed E-state index contributed by atoms with van der Waals surface area (Å²) in [5.41, 5.74) is 2.79. The molecular formula is C22H21N3O4. The SMILES string of the molecule is Cn1cc(CC(=O)NC(CN2C(=O)COC2=O)c2ccccc2)c2ccccc21. The van der Waals surface area contributed by atoms with E-state index in [1.807, 2.05) is 72.4 Å². The van der Waals surface area contributed by atoms with Crippen molar-refractivity contribution < 1.29 is 19.1 Å². The van der Waals surface area contributed by atoms with Gasteiger partial charge in [0.25, 0.3) is 5.91 Å². The van der Waals surface area contributed by atoms with Gasteiger partial charge in [0.05, 0.1) is 19.0 Å². The van der Waals surface area contributed by atoms with E-state index in [2.05, 4.69) is 5.32 Å². The molecule has 1 unspecified atom stereocenters. The zero-order valence-electron chi connectivity index (χ0n) is 16.0. The van der Waals surface area contributed by atoms with Crippen molar-refractivity contribution in [3.05, 3.63) is 71.9 Å². The Bertz CT molecular complexity index is 1060. The van der Waals surface area contributed by atoms with Gasteiger partial charge < -0.3 is 14.6 Å². The second kappa shape index (κ2) is 7.79. The van der Waals surface area contributed by atoms with E-state index in [1.54, 1.807) is 0 Å². The third-order valence-electron chi connectivity index (χ3n) is 5.07. The lowest BCUT2D eigenvalue weighted by Crippen LogP contribution is -2.40. The Balaban J connectivity index is 1.54. The number of carbonyl (C=O) groups is 3. The number of aromatic nitrogens is 1. The Kier molecular flexibility index (Phi) is 5.03. The molecule has 0 radical (unpaired) electrons. The van der Waals surface area contributed by atoms with Gasteiger partial charge in [-0.3, -0.25) is 9.59 Å². The first-order chi connectivity index (χ1) is 14.0. The van der Waals surface area contributed by atoms with Crippen LogP contribution in [0.5, 0.6) is 0 Å². The van der Waals surface area contributed by atoms with Gasteiger partial charge in [-0.2, -0.15) is 0 Å². The van der Waals surface area contributed by atoms with Gasteiger partial charge in [-0.15, -0.1) is 0 Å². The first-order valence-electron chi connectivity index (χ1n) is 9.37. The number of nitrogens with one attached hydrogen (secondary N) is 1. The molecule has 1 N–H and O–H groups in total. The Morgan fingerprint density at radius 2 is 1.83 bits per heavy atom. The molecule has 1 saturated heterocycles. The molecule has 1 atom stereocenters. The monoisotopic (exact) mass is 391 g/mol. The van der Waals surface area contributed by atoms with Gasteiger partial charge in [0, 0.05) is 24.1 Å². The molecule has 3 amide bonds. The number of para-hydroxylation sites is 1. The van der Waals surface area contributed by atoms with E-state index in [0.717, 1.165) is 26.9 Å². The van der Waals surface area contributed by atoms with Crippen LogP contribution >= 0.6 is 0 Å². The summed E-state index contributed by atoms with van der Waals surface area (Å²) in [4.78, 5) is 37.7. The zero-order chi connectivity index (χ0) is 20.4. The predicted molar refractivity (Wildman–Crippen MR) is 107 cm³/mol. The van der Waals surface area contributed by atoms with Crippen LogP contribution in [0.1, 0.15) is 17.2 Å². The molecule has 1 fully saturated rings. The summed E-state index contributed by atoms with van der Waals surface area (Å²) in [5, 5.41) is 4.00. The van der Waals surface area contributed by atoms with E-state index in [4.69, 9.17) is 4.74 Å². The fourth-order valence-corrected chi connectivity index (χ4v) is 3.64. The van der Waals surface area contributed by atoms with Crippen LogP contribution in [0.15, 0.2) is 60.8 Å². The fraction of sp³-hybridized carbons (Fsp3) is 0.227. The molecule has 7 nitrogen and oxygen atoms in total. The Labute approximate surface area is 167 Å². The predicted octanol–water partition coefficient (Wildman–Crippen LogP) is 2.56. The van der Waals surface area contributed by atoms with Gasteiger partial charge >= 0.3 is 6.09 Å². The van der Waals surface area contributed by atoms with E-state index in [-0.39, 0.29) is 25.5 Å². The molecule has 1 aromatic heterocycles. The molecule has 7 heteroatoms. The number of hydrogen-bond donors (Lipinski definition) is 1. The van der Waals surface area contributed by atoms with Crippen LogP contribution in [0, 0.1) is 0 Å². The average molecular weight is 391 g/mol. The van der Waals surface area contributed by atoms with Crippen molar-refractivity contribution in [3.63, 3.8) is 0 Å². The Hall–Kier alpha value is -3.61. The van der Waals surface area contributed by atoms with Gasteiger partial charge in [0.15, 0.2) is 6.61 Å². The summed E-state index contributed by atoms with van der Waals surface area (Å²) in [7, 11) is 1.95. The number of aryl methyl sites for hydroxylation is 1. The average Bonchev–Trinajstić information content (AvgIpc) is 3.22. The molecule has 0 aliphatic carbocycles. The maximum atomic E-state index is 12.8. The Morgan fingerprint density at radius 1 is 1.10 bits per heavy atom. The second-order valence-corrected chi connectivity index (χ2v) is 7.05. The highest BCUT2D eigenvalue weighted by Crippen LogP contribution is 2.22. The normalized spacial score (nSPS) is 14.9. The molecular weight excluding hydrogens is 370 g/mol. The van der Waals surface area contributed by atoms with Crippen LogP contribution in [-0.4, -0.2) is 40.5 Å². The van der Waals surface area contributed by atoms with E-state index in [9.17, 15) is 14.4 Å². The third kappa shape index (κ3) is 3.85. The molecule has 0 saturated carbocycles. The van der Waals surface area contributed by atoms with E-state index in [0.29, 0.717) is 0 Å². The lowest BCUT2D eigenvalue weighted by atomic mass is 10.1. The standard InChI is InChI=1S/C22H21N3O4/c1-24-12-16(17-9-5-6-10-19(17)24)11-20(26)23-18(15-7-3-2-4-8-15)13-25-21(27)14-29-22(25)28/h2-10,12,18H,11,13-14H2,1H3,(H,23,26). The van der Waals surface area contributed by atoms with Crippen LogP contribution in [0.3, 0.4) is 0 Å². The number of imide groups is 1. The van der Waals surface area contributed by atoms with Crippen LogP contribution in [0.4, 0.5) is 4.79 Å². The van der Waals surface area contributed by atoms with Gasteiger partial charge in [-0.1, -0.05) is 48.5 Å². The number of fused-ring (bicyclic) bond motifs is 1. The smallest absolute Gasteiger partial charge is 0.417 e. The number of rotatable bonds is 6. The van der Waals surface area contributed by atoms with Crippen molar-refractivity contribution in [2.75, 3.05) is 13.2 Å². The molecule has 4 rings (SSSR count). The van der Waals surface area contributed by atoms with E-state index >= 15 is 0 Å². The molecule has 0 spiro atoms. The van der Waals surface area contributed by atoms with Crippen molar-refractivity contribution >= 4 is 28.8 Å². The summed E-state index contributed by atoms with van der Waals surface area (Å²) in [6, 6.07) is 16.7. The van der Waals surface area contributed by atoms with Crippen LogP contribution in [0.2, 0.25) is 0 Å². The number of cyclic esters (lactones) is 1. The van der Waals surface area contributed by atoms with Crippen LogP contribution in [-0.2, 0) is 27.8 Å². The van der Waals surface area contributed by atoms with Gasteiger partial charge in [-0.25, -0.2) is 9.69 Å². The van der Waals surface area contributed by atoms with Crippen LogP contribution in [0.25, 0.3) is 10.9 Å².